The van der Waals surface area contributed by atoms with Crippen LogP contribution in [0.5, 0.6) is 0 Å². The number of nitrogens with zero attached hydrogens (tertiary/aromatic N) is 2. The van der Waals surface area contributed by atoms with Crippen molar-refractivity contribution in [3.05, 3.63) is 64.1 Å². The standard InChI is InChI=1S/C21H21N3O2S/c1-13(19-22-14(2)12-27-19)11-24-20(25)18(23-21(24)26)10-16-8-5-7-15-6-3-4-9-17(15)16/h3-9,12-13,18H,10-11H2,1-2H3,(H,23,26)/t13-,18+/m0/s1. The fourth-order valence-corrected chi connectivity index (χ4v) is 4.38. The van der Waals surface area contributed by atoms with Crippen LogP contribution in [0.2, 0.25) is 0 Å². The van der Waals surface area contributed by atoms with Crippen LogP contribution in [0.1, 0.15) is 29.1 Å². The lowest BCUT2D eigenvalue weighted by Gasteiger charge is -2.17. The molecule has 0 radical (unpaired) electrons. The molecule has 6 heteroatoms. The predicted molar refractivity (Wildman–Crippen MR) is 107 cm³/mol. The first-order valence-electron chi connectivity index (χ1n) is 9.03. The Balaban J connectivity index is 1.51. The van der Waals surface area contributed by atoms with Gasteiger partial charge in [0, 0.05) is 30.0 Å². The quantitative estimate of drug-likeness (QED) is 0.685. The Bertz CT molecular complexity index is 1010. The number of amides is 3. The lowest BCUT2D eigenvalue weighted by Crippen LogP contribution is -2.35. The van der Waals surface area contributed by atoms with Crippen LogP contribution in [0, 0.1) is 6.92 Å². The Kier molecular flexibility index (Phi) is 4.66. The Morgan fingerprint density at radius 3 is 2.74 bits per heavy atom. The zero-order chi connectivity index (χ0) is 19.0. The second-order valence-corrected chi connectivity index (χ2v) is 7.91. The van der Waals surface area contributed by atoms with Crippen LogP contribution in [-0.2, 0) is 11.2 Å². The first kappa shape index (κ1) is 17.7. The third kappa shape index (κ3) is 3.45. The van der Waals surface area contributed by atoms with Gasteiger partial charge in [0.1, 0.15) is 6.04 Å². The van der Waals surface area contributed by atoms with Crippen molar-refractivity contribution in [1.82, 2.24) is 15.2 Å². The highest BCUT2D eigenvalue weighted by molar-refractivity contribution is 7.09. The number of imide groups is 1. The lowest BCUT2D eigenvalue weighted by atomic mass is 9.99. The molecule has 27 heavy (non-hydrogen) atoms. The number of carbonyl (C=O) groups excluding carboxylic acids is 2. The van der Waals surface area contributed by atoms with Crippen LogP contribution in [0.4, 0.5) is 4.79 Å². The van der Waals surface area contributed by atoms with E-state index >= 15 is 0 Å². The number of aryl methyl sites for hydroxylation is 1. The highest BCUT2D eigenvalue weighted by atomic mass is 32.1. The van der Waals surface area contributed by atoms with E-state index in [9.17, 15) is 9.59 Å². The minimum Gasteiger partial charge on any atom is -0.325 e. The van der Waals surface area contributed by atoms with Gasteiger partial charge in [-0.15, -0.1) is 11.3 Å². The number of urea groups is 1. The number of hydrogen-bond donors (Lipinski definition) is 1. The molecule has 0 bridgehead atoms. The van der Waals surface area contributed by atoms with Gasteiger partial charge in [0.15, 0.2) is 0 Å². The average molecular weight is 379 g/mol. The van der Waals surface area contributed by atoms with Gasteiger partial charge in [-0.25, -0.2) is 9.78 Å². The van der Waals surface area contributed by atoms with Crippen molar-refractivity contribution in [2.75, 3.05) is 6.54 Å². The SMILES string of the molecule is Cc1csc([C@@H](C)CN2C(=O)N[C@H](Cc3cccc4ccccc34)C2=O)n1. The average Bonchev–Trinajstić information content (AvgIpc) is 3.21. The molecule has 1 saturated heterocycles. The van der Waals surface area contributed by atoms with Gasteiger partial charge in [0.05, 0.1) is 5.01 Å². The molecular formula is C21H21N3O2S. The number of thiazole rings is 1. The summed E-state index contributed by atoms with van der Waals surface area (Å²) in [6.07, 6.45) is 0.493. The fourth-order valence-electron chi connectivity index (χ4n) is 3.53. The van der Waals surface area contributed by atoms with Crippen molar-refractivity contribution >= 4 is 34.0 Å². The molecule has 2 heterocycles. The van der Waals surface area contributed by atoms with Gasteiger partial charge in [-0.3, -0.25) is 9.69 Å². The molecule has 3 aromatic rings. The summed E-state index contributed by atoms with van der Waals surface area (Å²) < 4.78 is 0. The molecule has 3 amide bonds. The van der Waals surface area contributed by atoms with E-state index in [0.717, 1.165) is 27.0 Å². The summed E-state index contributed by atoms with van der Waals surface area (Å²) in [6.45, 7) is 4.29. The van der Waals surface area contributed by atoms with Crippen molar-refractivity contribution in [3.63, 3.8) is 0 Å². The second kappa shape index (κ2) is 7.12. The molecule has 1 aliphatic rings. The first-order chi connectivity index (χ1) is 13.0. The number of aromatic nitrogens is 1. The van der Waals surface area contributed by atoms with Gasteiger partial charge in [-0.1, -0.05) is 49.4 Å². The summed E-state index contributed by atoms with van der Waals surface area (Å²) in [5.74, 6) is -0.136. The van der Waals surface area contributed by atoms with Gasteiger partial charge in [-0.05, 0) is 23.3 Å². The molecule has 0 spiro atoms. The maximum absolute atomic E-state index is 12.9. The van der Waals surface area contributed by atoms with E-state index in [-0.39, 0.29) is 17.9 Å². The smallest absolute Gasteiger partial charge is 0.324 e. The normalized spacial score (nSPS) is 18.1. The summed E-state index contributed by atoms with van der Waals surface area (Å²) >= 11 is 1.57. The highest BCUT2D eigenvalue weighted by Gasteiger charge is 2.39. The molecule has 0 saturated carbocycles. The monoisotopic (exact) mass is 379 g/mol. The summed E-state index contributed by atoms with van der Waals surface area (Å²) in [5.41, 5.74) is 2.03. The number of fused-ring (bicyclic) bond motifs is 1. The molecule has 4 rings (SSSR count). The number of benzene rings is 2. The minimum absolute atomic E-state index is 0.0229. The zero-order valence-electron chi connectivity index (χ0n) is 15.3. The van der Waals surface area contributed by atoms with Crippen molar-refractivity contribution in [1.29, 1.82) is 0 Å². The molecule has 1 aliphatic heterocycles. The fraction of sp³-hybridized carbons (Fsp3) is 0.286. The maximum Gasteiger partial charge on any atom is 0.324 e. The van der Waals surface area contributed by atoms with Crippen LogP contribution < -0.4 is 5.32 Å². The van der Waals surface area contributed by atoms with Crippen LogP contribution in [0.3, 0.4) is 0 Å². The number of hydrogen-bond acceptors (Lipinski definition) is 4. The van der Waals surface area contributed by atoms with Gasteiger partial charge in [-0.2, -0.15) is 0 Å². The third-order valence-corrected chi connectivity index (χ3v) is 6.12. The Hall–Kier alpha value is -2.73. The van der Waals surface area contributed by atoms with Crippen LogP contribution >= 0.6 is 11.3 Å². The van der Waals surface area contributed by atoms with E-state index in [2.05, 4.69) is 28.5 Å². The summed E-state index contributed by atoms with van der Waals surface area (Å²) in [6, 6.07) is 13.3. The largest absolute Gasteiger partial charge is 0.325 e. The van der Waals surface area contributed by atoms with Crippen LogP contribution in [0.15, 0.2) is 47.8 Å². The van der Waals surface area contributed by atoms with Crippen molar-refractivity contribution in [2.45, 2.75) is 32.2 Å². The van der Waals surface area contributed by atoms with Crippen molar-refractivity contribution in [3.8, 4) is 0 Å². The topological polar surface area (TPSA) is 62.3 Å². The predicted octanol–water partition coefficient (Wildman–Crippen LogP) is 3.87. The number of carbonyl (C=O) groups is 2. The zero-order valence-corrected chi connectivity index (χ0v) is 16.1. The summed E-state index contributed by atoms with van der Waals surface area (Å²) in [7, 11) is 0. The maximum atomic E-state index is 12.9. The van der Waals surface area contributed by atoms with E-state index in [1.165, 1.54) is 4.90 Å². The minimum atomic E-state index is -0.520. The number of nitrogens with one attached hydrogen (secondary N) is 1. The first-order valence-corrected chi connectivity index (χ1v) is 9.91. The summed E-state index contributed by atoms with van der Waals surface area (Å²) in [5, 5.41) is 8.04. The molecule has 2 atom stereocenters. The van der Waals surface area contributed by atoms with E-state index in [4.69, 9.17) is 0 Å². The molecule has 138 valence electrons. The van der Waals surface area contributed by atoms with Gasteiger partial charge in [0.2, 0.25) is 0 Å². The van der Waals surface area contributed by atoms with Crippen molar-refractivity contribution in [2.24, 2.45) is 0 Å². The molecule has 0 aliphatic carbocycles. The highest BCUT2D eigenvalue weighted by Crippen LogP contribution is 2.24. The number of rotatable bonds is 5. The van der Waals surface area contributed by atoms with Crippen LogP contribution in [0.25, 0.3) is 10.8 Å². The van der Waals surface area contributed by atoms with Gasteiger partial charge in [0.25, 0.3) is 5.91 Å². The van der Waals surface area contributed by atoms with E-state index < -0.39 is 6.04 Å². The van der Waals surface area contributed by atoms with E-state index in [1.54, 1.807) is 11.3 Å². The Labute approximate surface area is 162 Å². The molecule has 2 aromatic carbocycles. The molecule has 5 nitrogen and oxygen atoms in total. The van der Waals surface area contributed by atoms with Gasteiger partial charge >= 0.3 is 6.03 Å². The molecular weight excluding hydrogens is 358 g/mol. The van der Waals surface area contributed by atoms with E-state index in [0.29, 0.717) is 13.0 Å². The van der Waals surface area contributed by atoms with Crippen LogP contribution in [-0.4, -0.2) is 34.4 Å². The Morgan fingerprint density at radius 2 is 1.96 bits per heavy atom. The lowest BCUT2D eigenvalue weighted by molar-refractivity contribution is -0.127. The van der Waals surface area contributed by atoms with Crippen molar-refractivity contribution < 1.29 is 9.59 Å². The third-order valence-electron chi connectivity index (χ3n) is 4.93. The Morgan fingerprint density at radius 1 is 1.19 bits per heavy atom. The molecule has 1 fully saturated rings. The second-order valence-electron chi connectivity index (χ2n) is 7.02. The molecule has 1 N–H and O–H groups in total. The molecule has 0 unspecified atom stereocenters. The van der Waals surface area contributed by atoms with E-state index in [1.807, 2.05) is 43.5 Å². The van der Waals surface area contributed by atoms with Gasteiger partial charge < -0.3 is 5.32 Å². The molecule has 1 aromatic heterocycles. The summed E-state index contributed by atoms with van der Waals surface area (Å²) in [4.78, 5) is 31.1.